The van der Waals surface area contributed by atoms with Crippen LogP contribution in [0.2, 0.25) is 0 Å². The molecule has 0 aromatic heterocycles. The first-order valence-corrected chi connectivity index (χ1v) is 5.84. The Bertz CT molecular complexity index is 564. The van der Waals surface area contributed by atoms with E-state index in [0.29, 0.717) is 17.0 Å². The van der Waals surface area contributed by atoms with Crippen LogP contribution < -0.4 is 10.1 Å². The highest BCUT2D eigenvalue weighted by atomic mass is 16.5. The summed E-state index contributed by atoms with van der Waals surface area (Å²) in [7, 11) is 5.02. The molecular formula is C14H16N2O3. The molecule has 1 aromatic rings. The molecule has 0 aliphatic carbocycles. The number of amides is 1. The molecule has 1 atom stereocenters. The van der Waals surface area contributed by atoms with Gasteiger partial charge in [0.2, 0.25) is 0 Å². The molecule has 5 heteroatoms. The topological polar surface area (TPSA) is 58.6 Å². The number of hydrogen-bond acceptors (Lipinski definition) is 4. The van der Waals surface area contributed by atoms with Crippen molar-refractivity contribution in [1.82, 2.24) is 4.90 Å². The fourth-order valence-corrected chi connectivity index (χ4v) is 2.14. The van der Waals surface area contributed by atoms with E-state index in [1.807, 2.05) is 0 Å². The highest BCUT2D eigenvalue weighted by Crippen LogP contribution is 2.29. The van der Waals surface area contributed by atoms with Crippen molar-refractivity contribution < 1.29 is 14.3 Å². The van der Waals surface area contributed by atoms with Gasteiger partial charge in [-0.3, -0.25) is 14.5 Å². The molecule has 100 valence electrons. The number of hydrogen-bond donors (Lipinski definition) is 1. The van der Waals surface area contributed by atoms with Crippen molar-refractivity contribution in [2.24, 2.45) is 0 Å². The molecule has 0 bridgehead atoms. The molecule has 5 nitrogen and oxygen atoms in total. The Morgan fingerprint density at radius 3 is 2.58 bits per heavy atom. The minimum atomic E-state index is -0.659. The normalized spacial score (nSPS) is 18.9. The minimum Gasteiger partial charge on any atom is -0.497 e. The third kappa shape index (κ3) is 2.24. The van der Waals surface area contributed by atoms with Gasteiger partial charge in [-0.1, -0.05) is 6.58 Å². The van der Waals surface area contributed by atoms with Crippen LogP contribution in [-0.2, 0) is 4.79 Å². The first-order valence-electron chi connectivity index (χ1n) is 5.84. The maximum absolute atomic E-state index is 12.6. The monoisotopic (exact) mass is 260 g/mol. The number of Topliss-reactive ketones (excluding diaryl/α,β-unsaturated/α-hetero) is 1. The highest BCUT2D eigenvalue weighted by molar-refractivity contribution is 6.19. The van der Waals surface area contributed by atoms with E-state index >= 15 is 0 Å². The zero-order valence-corrected chi connectivity index (χ0v) is 11.2. The van der Waals surface area contributed by atoms with Gasteiger partial charge in [-0.05, 0) is 32.3 Å². The molecule has 1 amide bonds. The predicted octanol–water partition coefficient (Wildman–Crippen LogP) is 1.32. The van der Waals surface area contributed by atoms with Crippen LogP contribution in [-0.4, -0.2) is 43.8 Å². The van der Waals surface area contributed by atoms with Gasteiger partial charge >= 0.3 is 0 Å². The zero-order chi connectivity index (χ0) is 14.2. The smallest absolute Gasteiger partial charge is 0.253 e. The number of ether oxygens (including phenoxy) is 1. The van der Waals surface area contributed by atoms with E-state index in [2.05, 4.69) is 11.9 Å². The van der Waals surface area contributed by atoms with E-state index in [1.54, 1.807) is 37.2 Å². The molecule has 0 spiro atoms. The summed E-state index contributed by atoms with van der Waals surface area (Å²) in [6.07, 6.45) is 0. The number of carbonyl (C=O) groups is 2. The zero-order valence-electron chi connectivity index (χ0n) is 11.2. The summed E-state index contributed by atoms with van der Waals surface area (Å²) < 4.78 is 5.12. The summed E-state index contributed by atoms with van der Waals surface area (Å²) in [4.78, 5) is 26.2. The van der Waals surface area contributed by atoms with Gasteiger partial charge in [0.25, 0.3) is 5.91 Å². The second kappa shape index (κ2) is 4.85. The van der Waals surface area contributed by atoms with E-state index < -0.39 is 6.04 Å². The van der Waals surface area contributed by atoms with Crippen molar-refractivity contribution >= 4 is 17.4 Å². The van der Waals surface area contributed by atoms with Gasteiger partial charge in [0.05, 0.1) is 12.8 Å². The summed E-state index contributed by atoms with van der Waals surface area (Å²) in [5.74, 6) is 0.0737. The van der Waals surface area contributed by atoms with E-state index in [1.165, 1.54) is 7.11 Å². The number of rotatable bonds is 2. The number of likely N-dealkylation sites (N-methyl/N-ethyl adjacent to an activating group) is 1. The first kappa shape index (κ1) is 13.3. The van der Waals surface area contributed by atoms with Crippen molar-refractivity contribution in [3.63, 3.8) is 0 Å². The van der Waals surface area contributed by atoms with Crippen LogP contribution >= 0.6 is 0 Å². The largest absolute Gasteiger partial charge is 0.497 e. The molecule has 0 radical (unpaired) electrons. The van der Waals surface area contributed by atoms with Gasteiger partial charge < -0.3 is 10.1 Å². The standard InChI is InChI=1S/C14H16N2O3/c1-8-12(16(2)3)13(17)10-7-9(19-4)5-6-11(10)15-14(8)18/h5-7,12H,1H2,2-4H3,(H,15,18). The van der Waals surface area contributed by atoms with E-state index in [9.17, 15) is 9.59 Å². The van der Waals surface area contributed by atoms with Crippen molar-refractivity contribution in [3.05, 3.63) is 35.9 Å². The summed E-state index contributed by atoms with van der Waals surface area (Å²) in [6, 6.07) is 4.33. The lowest BCUT2D eigenvalue weighted by Gasteiger charge is -2.22. The minimum absolute atomic E-state index is 0.165. The molecule has 1 aliphatic rings. The summed E-state index contributed by atoms with van der Waals surface area (Å²) in [6.45, 7) is 3.73. The van der Waals surface area contributed by atoms with Crippen LogP contribution in [0.5, 0.6) is 5.75 Å². The second-order valence-electron chi connectivity index (χ2n) is 4.62. The van der Waals surface area contributed by atoms with Gasteiger partial charge in [0, 0.05) is 11.1 Å². The predicted molar refractivity (Wildman–Crippen MR) is 72.6 cm³/mol. The molecule has 2 rings (SSSR count). The fraction of sp³-hybridized carbons (Fsp3) is 0.286. The number of ketones is 1. The van der Waals surface area contributed by atoms with Crippen LogP contribution in [0, 0.1) is 0 Å². The van der Waals surface area contributed by atoms with Crippen molar-refractivity contribution in [2.45, 2.75) is 6.04 Å². The first-order chi connectivity index (χ1) is 8.95. The van der Waals surface area contributed by atoms with Crippen LogP contribution in [0.15, 0.2) is 30.4 Å². The van der Waals surface area contributed by atoms with Gasteiger partial charge in [-0.2, -0.15) is 0 Å². The van der Waals surface area contributed by atoms with Gasteiger partial charge in [-0.15, -0.1) is 0 Å². The Hall–Kier alpha value is -2.14. The summed E-state index contributed by atoms with van der Waals surface area (Å²) in [5.41, 5.74) is 1.16. The maximum atomic E-state index is 12.6. The lowest BCUT2D eigenvalue weighted by atomic mass is 9.98. The van der Waals surface area contributed by atoms with Crippen molar-refractivity contribution in [2.75, 3.05) is 26.5 Å². The molecule has 0 fully saturated rings. The molecular weight excluding hydrogens is 244 g/mol. The Balaban J connectivity index is 2.58. The van der Waals surface area contributed by atoms with E-state index in [0.717, 1.165) is 0 Å². The van der Waals surface area contributed by atoms with Gasteiger partial charge in [-0.25, -0.2) is 0 Å². The third-order valence-corrected chi connectivity index (χ3v) is 3.13. The number of fused-ring (bicyclic) bond motifs is 1. The number of nitrogens with one attached hydrogen (secondary N) is 1. The number of methoxy groups -OCH3 is 1. The molecule has 1 aromatic carbocycles. The van der Waals surface area contributed by atoms with Gasteiger partial charge in [0.15, 0.2) is 5.78 Å². The average Bonchev–Trinajstić information content (AvgIpc) is 2.46. The number of carbonyl (C=O) groups excluding carboxylic acids is 2. The Morgan fingerprint density at radius 2 is 2.00 bits per heavy atom. The van der Waals surface area contributed by atoms with Crippen molar-refractivity contribution in [3.8, 4) is 5.75 Å². The maximum Gasteiger partial charge on any atom is 0.253 e. The molecule has 0 saturated carbocycles. The van der Waals surface area contributed by atoms with E-state index in [4.69, 9.17) is 4.74 Å². The number of nitrogens with zero attached hydrogens (tertiary/aromatic N) is 1. The van der Waals surface area contributed by atoms with Crippen LogP contribution in [0.4, 0.5) is 5.69 Å². The van der Waals surface area contributed by atoms with Crippen LogP contribution in [0.1, 0.15) is 10.4 Å². The summed E-state index contributed by atoms with van der Waals surface area (Å²) >= 11 is 0. The quantitative estimate of drug-likeness (QED) is 0.815. The SMILES string of the molecule is C=C1C(=O)Nc2ccc(OC)cc2C(=O)C1N(C)C. The van der Waals surface area contributed by atoms with Gasteiger partial charge in [0.1, 0.15) is 11.8 Å². The van der Waals surface area contributed by atoms with Crippen LogP contribution in [0.25, 0.3) is 0 Å². The lowest BCUT2D eigenvalue weighted by molar-refractivity contribution is -0.113. The number of benzene rings is 1. The fourth-order valence-electron chi connectivity index (χ4n) is 2.14. The second-order valence-corrected chi connectivity index (χ2v) is 4.62. The number of anilines is 1. The summed E-state index contributed by atoms with van der Waals surface area (Å²) in [5, 5.41) is 2.70. The average molecular weight is 260 g/mol. The third-order valence-electron chi connectivity index (χ3n) is 3.13. The molecule has 0 saturated heterocycles. The molecule has 19 heavy (non-hydrogen) atoms. The molecule has 1 unspecified atom stereocenters. The molecule has 1 aliphatic heterocycles. The highest BCUT2D eigenvalue weighted by Gasteiger charge is 2.34. The Labute approximate surface area is 111 Å². The Kier molecular flexibility index (Phi) is 3.40. The van der Waals surface area contributed by atoms with E-state index in [-0.39, 0.29) is 17.3 Å². The molecule has 1 N–H and O–H groups in total. The van der Waals surface area contributed by atoms with Crippen LogP contribution in [0.3, 0.4) is 0 Å². The lowest BCUT2D eigenvalue weighted by Crippen LogP contribution is -2.38. The van der Waals surface area contributed by atoms with Crippen molar-refractivity contribution in [1.29, 1.82) is 0 Å². The molecule has 1 heterocycles. The Morgan fingerprint density at radius 1 is 1.32 bits per heavy atom.